The Morgan fingerprint density at radius 2 is 2.12 bits per heavy atom. The number of fused-ring (bicyclic) bond motifs is 1. The van der Waals surface area contributed by atoms with Crippen LogP contribution >= 0.6 is 0 Å². The van der Waals surface area contributed by atoms with E-state index >= 15 is 0 Å². The summed E-state index contributed by atoms with van der Waals surface area (Å²) in [5.41, 5.74) is 0.962. The van der Waals surface area contributed by atoms with Gasteiger partial charge in [-0.2, -0.15) is 0 Å². The van der Waals surface area contributed by atoms with Crippen molar-refractivity contribution < 1.29 is 4.74 Å². The molecule has 90 valence electrons. The van der Waals surface area contributed by atoms with Gasteiger partial charge in [-0.15, -0.1) is 0 Å². The van der Waals surface area contributed by atoms with Crippen LogP contribution in [0.4, 0.5) is 5.82 Å². The van der Waals surface area contributed by atoms with Crippen LogP contribution in [0.5, 0.6) is 0 Å². The average molecular weight is 231 g/mol. The number of hydrogen-bond acceptors (Lipinski definition) is 4. The number of benzene rings is 1. The lowest BCUT2D eigenvalue weighted by Gasteiger charge is -2.15. The Bertz CT molecular complexity index is 482. The van der Waals surface area contributed by atoms with Crippen LogP contribution in [-0.4, -0.2) is 29.7 Å². The molecule has 17 heavy (non-hydrogen) atoms. The van der Waals surface area contributed by atoms with E-state index < -0.39 is 0 Å². The van der Waals surface area contributed by atoms with Crippen molar-refractivity contribution in [2.24, 2.45) is 0 Å². The highest BCUT2D eigenvalue weighted by molar-refractivity contribution is 5.88. The lowest BCUT2D eigenvalue weighted by Crippen LogP contribution is -2.18. The third kappa shape index (κ3) is 2.91. The van der Waals surface area contributed by atoms with Crippen molar-refractivity contribution in [1.29, 1.82) is 0 Å². The summed E-state index contributed by atoms with van der Waals surface area (Å²) in [6.07, 6.45) is 2.54. The molecule has 0 amide bonds. The SMILES string of the molecule is COCCC(C)Nc1ncnc2ccccc12. The molecule has 0 aliphatic rings. The van der Waals surface area contributed by atoms with Crippen LogP contribution in [0.1, 0.15) is 13.3 Å². The molecular formula is C13H17N3O. The zero-order valence-corrected chi connectivity index (χ0v) is 10.2. The molecule has 2 rings (SSSR count). The van der Waals surface area contributed by atoms with Crippen molar-refractivity contribution >= 4 is 16.7 Å². The number of nitrogens with one attached hydrogen (secondary N) is 1. The number of nitrogens with zero attached hydrogens (tertiary/aromatic N) is 2. The quantitative estimate of drug-likeness (QED) is 0.858. The first-order valence-corrected chi connectivity index (χ1v) is 5.76. The minimum atomic E-state index is 0.327. The molecule has 2 aromatic rings. The molecule has 0 saturated carbocycles. The highest BCUT2D eigenvalue weighted by Crippen LogP contribution is 2.19. The Morgan fingerprint density at radius 3 is 2.94 bits per heavy atom. The molecular weight excluding hydrogens is 214 g/mol. The third-order valence-electron chi connectivity index (χ3n) is 2.68. The summed E-state index contributed by atoms with van der Waals surface area (Å²) in [6.45, 7) is 2.87. The Kier molecular flexibility index (Phi) is 3.88. The van der Waals surface area contributed by atoms with Crippen LogP contribution in [-0.2, 0) is 4.74 Å². The maximum absolute atomic E-state index is 5.06. The van der Waals surface area contributed by atoms with E-state index in [-0.39, 0.29) is 0 Å². The predicted molar refractivity (Wildman–Crippen MR) is 69.1 cm³/mol. The maximum atomic E-state index is 5.06. The molecule has 1 N–H and O–H groups in total. The number of hydrogen-bond donors (Lipinski definition) is 1. The second-order valence-corrected chi connectivity index (χ2v) is 4.07. The van der Waals surface area contributed by atoms with E-state index in [1.807, 2.05) is 24.3 Å². The molecule has 0 saturated heterocycles. The molecule has 0 bridgehead atoms. The minimum absolute atomic E-state index is 0.327. The van der Waals surface area contributed by atoms with E-state index in [0.717, 1.165) is 29.7 Å². The molecule has 1 heterocycles. The van der Waals surface area contributed by atoms with Gasteiger partial charge in [0.25, 0.3) is 0 Å². The summed E-state index contributed by atoms with van der Waals surface area (Å²) in [5.74, 6) is 0.888. The normalized spacial score (nSPS) is 12.6. The van der Waals surface area contributed by atoms with E-state index in [9.17, 15) is 0 Å². The van der Waals surface area contributed by atoms with Crippen molar-refractivity contribution in [3.05, 3.63) is 30.6 Å². The Balaban J connectivity index is 2.18. The first-order chi connectivity index (χ1) is 8.31. The lowest BCUT2D eigenvalue weighted by molar-refractivity contribution is 0.191. The first-order valence-electron chi connectivity index (χ1n) is 5.76. The topological polar surface area (TPSA) is 47.0 Å². The van der Waals surface area contributed by atoms with Gasteiger partial charge >= 0.3 is 0 Å². The van der Waals surface area contributed by atoms with E-state index in [2.05, 4.69) is 22.2 Å². The highest BCUT2D eigenvalue weighted by atomic mass is 16.5. The molecule has 1 unspecified atom stereocenters. The summed E-state index contributed by atoms with van der Waals surface area (Å²) in [6, 6.07) is 8.32. The summed E-state index contributed by atoms with van der Waals surface area (Å²) in [7, 11) is 1.72. The predicted octanol–water partition coefficient (Wildman–Crippen LogP) is 2.47. The van der Waals surface area contributed by atoms with Gasteiger partial charge < -0.3 is 10.1 Å². The Hall–Kier alpha value is -1.68. The summed E-state index contributed by atoms with van der Waals surface area (Å²) >= 11 is 0. The smallest absolute Gasteiger partial charge is 0.137 e. The first kappa shape index (κ1) is 11.8. The maximum Gasteiger partial charge on any atom is 0.137 e. The van der Waals surface area contributed by atoms with Crippen molar-refractivity contribution in [3.8, 4) is 0 Å². The fraction of sp³-hybridized carbons (Fsp3) is 0.385. The monoisotopic (exact) mass is 231 g/mol. The van der Waals surface area contributed by atoms with Gasteiger partial charge in [-0.3, -0.25) is 0 Å². The van der Waals surface area contributed by atoms with Gasteiger partial charge in [-0.25, -0.2) is 9.97 Å². The van der Waals surface area contributed by atoms with Crippen molar-refractivity contribution in [1.82, 2.24) is 9.97 Å². The number of anilines is 1. The molecule has 0 radical (unpaired) electrons. The van der Waals surface area contributed by atoms with Gasteiger partial charge in [0.1, 0.15) is 12.1 Å². The largest absolute Gasteiger partial charge is 0.385 e. The van der Waals surface area contributed by atoms with Crippen molar-refractivity contribution in [2.45, 2.75) is 19.4 Å². The van der Waals surface area contributed by atoms with Gasteiger partial charge in [-0.1, -0.05) is 12.1 Å². The molecule has 4 nitrogen and oxygen atoms in total. The fourth-order valence-corrected chi connectivity index (χ4v) is 1.72. The van der Waals surface area contributed by atoms with E-state index in [0.29, 0.717) is 6.04 Å². The molecule has 1 atom stereocenters. The van der Waals surface area contributed by atoms with Crippen molar-refractivity contribution in [3.63, 3.8) is 0 Å². The Labute approximate surface area is 101 Å². The number of para-hydroxylation sites is 1. The van der Waals surface area contributed by atoms with Crippen molar-refractivity contribution in [2.75, 3.05) is 19.0 Å². The number of ether oxygens (including phenoxy) is 1. The van der Waals surface area contributed by atoms with Crippen LogP contribution < -0.4 is 5.32 Å². The highest BCUT2D eigenvalue weighted by Gasteiger charge is 2.06. The molecule has 1 aromatic carbocycles. The molecule has 0 aliphatic heterocycles. The fourth-order valence-electron chi connectivity index (χ4n) is 1.72. The zero-order chi connectivity index (χ0) is 12.1. The second kappa shape index (κ2) is 5.59. The van der Waals surface area contributed by atoms with Gasteiger partial charge in [0, 0.05) is 25.1 Å². The third-order valence-corrected chi connectivity index (χ3v) is 2.68. The van der Waals surface area contributed by atoms with Gasteiger partial charge in [0.05, 0.1) is 5.52 Å². The van der Waals surface area contributed by atoms with Crippen LogP contribution in [0.15, 0.2) is 30.6 Å². The minimum Gasteiger partial charge on any atom is -0.385 e. The van der Waals surface area contributed by atoms with E-state index in [1.54, 1.807) is 13.4 Å². The molecule has 4 heteroatoms. The summed E-state index contributed by atoms with van der Waals surface area (Å²) in [5, 5.41) is 4.44. The number of methoxy groups -OCH3 is 1. The second-order valence-electron chi connectivity index (χ2n) is 4.07. The number of rotatable bonds is 5. The lowest BCUT2D eigenvalue weighted by atomic mass is 10.2. The number of aromatic nitrogens is 2. The van der Waals surface area contributed by atoms with E-state index in [4.69, 9.17) is 4.74 Å². The van der Waals surface area contributed by atoms with Crippen LogP contribution in [0, 0.1) is 0 Å². The van der Waals surface area contributed by atoms with E-state index in [1.165, 1.54) is 0 Å². The van der Waals surface area contributed by atoms with Gasteiger partial charge in [0.15, 0.2) is 0 Å². The molecule has 0 fully saturated rings. The molecule has 0 spiro atoms. The average Bonchev–Trinajstić information content (AvgIpc) is 2.37. The van der Waals surface area contributed by atoms with Crippen LogP contribution in [0.25, 0.3) is 10.9 Å². The van der Waals surface area contributed by atoms with Crippen LogP contribution in [0.3, 0.4) is 0 Å². The standard InChI is InChI=1S/C13H17N3O/c1-10(7-8-17-2)16-13-11-5-3-4-6-12(11)14-9-15-13/h3-6,9-10H,7-8H2,1-2H3,(H,14,15,16). The van der Waals surface area contributed by atoms with Gasteiger partial charge in [0.2, 0.25) is 0 Å². The summed E-state index contributed by atoms with van der Waals surface area (Å²) < 4.78 is 5.06. The summed E-state index contributed by atoms with van der Waals surface area (Å²) in [4.78, 5) is 8.53. The van der Waals surface area contributed by atoms with Gasteiger partial charge in [-0.05, 0) is 25.5 Å². The molecule has 0 aliphatic carbocycles. The molecule has 1 aromatic heterocycles. The Morgan fingerprint density at radius 1 is 1.29 bits per heavy atom. The van der Waals surface area contributed by atoms with Crippen LogP contribution in [0.2, 0.25) is 0 Å². The zero-order valence-electron chi connectivity index (χ0n) is 10.2.